The molecule has 1 amide bonds. The van der Waals surface area contributed by atoms with Gasteiger partial charge in [0.25, 0.3) is 0 Å². The Morgan fingerprint density at radius 1 is 1.22 bits per heavy atom. The molecule has 0 unspecified atom stereocenters. The Balaban J connectivity index is 1.75. The molecular formula is C18H15ClF2N4OS. The zero-order valence-corrected chi connectivity index (χ0v) is 16.0. The number of thioether (sulfide) groups is 1. The zero-order valence-electron chi connectivity index (χ0n) is 14.4. The summed E-state index contributed by atoms with van der Waals surface area (Å²) in [5, 5.41) is 11.0. The summed E-state index contributed by atoms with van der Waals surface area (Å²) in [6.07, 6.45) is 0. The Morgan fingerprint density at radius 2 is 1.96 bits per heavy atom. The maximum Gasteiger partial charge on any atom is 0.237 e. The van der Waals surface area contributed by atoms with Gasteiger partial charge in [0.2, 0.25) is 5.91 Å². The van der Waals surface area contributed by atoms with Gasteiger partial charge in [-0.1, -0.05) is 35.5 Å². The second-order valence-corrected chi connectivity index (χ2v) is 7.43. The Kier molecular flexibility index (Phi) is 5.76. The van der Waals surface area contributed by atoms with Crippen LogP contribution in [0, 0.1) is 11.6 Å². The molecule has 5 nitrogen and oxygen atoms in total. The molecule has 1 atom stereocenters. The largest absolute Gasteiger partial charge is 0.323 e. The van der Waals surface area contributed by atoms with E-state index in [1.165, 1.54) is 0 Å². The average molecular weight is 409 g/mol. The minimum atomic E-state index is -0.707. The van der Waals surface area contributed by atoms with Crippen LogP contribution in [0.2, 0.25) is 5.02 Å². The van der Waals surface area contributed by atoms with Crippen LogP contribution in [-0.2, 0) is 11.8 Å². The zero-order chi connectivity index (χ0) is 19.6. The summed E-state index contributed by atoms with van der Waals surface area (Å²) >= 11 is 7.34. The molecule has 0 aliphatic carbocycles. The molecule has 3 rings (SSSR count). The first-order valence-corrected chi connectivity index (χ1v) is 9.19. The van der Waals surface area contributed by atoms with Crippen LogP contribution in [0.3, 0.4) is 0 Å². The third kappa shape index (κ3) is 4.28. The summed E-state index contributed by atoms with van der Waals surface area (Å²) in [6, 6.07) is 10.1. The number of carbonyl (C=O) groups excluding carboxylic acids is 1. The van der Waals surface area contributed by atoms with E-state index in [1.54, 1.807) is 24.6 Å². The number of hydrogen-bond donors (Lipinski definition) is 1. The highest BCUT2D eigenvalue weighted by Gasteiger charge is 2.21. The second-order valence-electron chi connectivity index (χ2n) is 5.72. The van der Waals surface area contributed by atoms with E-state index in [9.17, 15) is 13.6 Å². The maximum atomic E-state index is 13.7. The van der Waals surface area contributed by atoms with Gasteiger partial charge in [-0.15, -0.1) is 10.2 Å². The highest BCUT2D eigenvalue weighted by atomic mass is 35.5. The Morgan fingerprint density at radius 3 is 2.70 bits per heavy atom. The van der Waals surface area contributed by atoms with Crippen molar-refractivity contribution in [3.05, 3.63) is 59.1 Å². The fraction of sp³-hybridized carbons (Fsp3) is 0.167. The lowest BCUT2D eigenvalue weighted by atomic mass is 10.2. The molecule has 3 aromatic rings. The monoisotopic (exact) mass is 408 g/mol. The summed E-state index contributed by atoms with van der Waals surface area (Å²) in [6.45, 7) is 1.64. The number of halogens is 3. The van der Waals surface area contributed by atoms with Crippen LogP contribution in [-0.4, -0.2) is 25.9 Å². The van der Waals surface area contributed by atoms with Crippen molar-refractivity contribution >= 4 is 35.0 Å². The van der Waals surface area contributed by atoms with Crippen LogP contribution >= 0.6 is 23.4 Å². The lowest BCUT2D eigenvalue weighted by Crippen LogP contribution is -2.23. The molecule has 0 aliphatic heterocycles. The van der Waals surface area contributed by atoms with E-state index < -0.39 is 22.8 Å². The molecule has 0 saturated heterocycles. The molecule has 0 radical (unpaired) electrons. The highest BCUT2D eigenvalue weighted by molar-refractivity contribution is 8.00. The van der Waals surface area contributed by atoms with Gasteiger partial charge < -0.3 is 9.88 Å². The summed E-state index contributed by atoms with van der Waals surface area (Å²) in [4.78, 5) is 12.3. The van der Waals surface area contributed by atoms with Gasteiger partial charge in [0, 0.05) is 18.7 Å². The van der Waals surface area contributed by atoms with E-state index >= 15 is 0 Å². The number of nitrogens with one attached hydrogen (secondary N) is 1. The van der Waals surface area contributed by atoms with Gasteiger partial charge in [-0.2, -0.15) is 0 Å². The molecule has 27 heavy (non-hydrogen) atoms. The second kappa shape index (κ2) is 8.06. The third-order valence-corrected chi connectivity index (χ3v) is 5.25. The van der Waals surface area contributed by atoms with Crippen molar-refractivity contribution in [1.29, 1.82) is 0 Å². The van der Waals surface area contributed by atoms with E-state index in [1.807, 2.05) is 18.2 Å². The maximum absolute atomic E-state index is 13.7. The first-order valence-electron chi connectivity index (χ1n) is 7.93. The number of amides is 1. The highest BCUT2D eigenvalue weighted by Crippen LogP contribution is 2.30. The van der Waals surface area contributed by atoms with Crippen LogP contribution < -0.4 is 5.32 Å². The van der Waals surface area contributed by atoms with Crippen LogP contribution in [0.4, 0.5) is 14.5 Å². The summed E-state index contributed by atoms with van der Waals surface area (Å²) in [5.74, 6) is -1.26. The minimum Gasteiger partial charge on any atom is -0.323 e. The first-order chi connectivity index (χ1) is 12.9. The summed E-state index contributed by atoms with van der Waals surface area (Å²) < 4.78 is 28.6. The van der Waals surface area contributed by atoms with Crippen LogP contribution in [0.1, 0.15) is 6.92 Å². The van der Waals surface area contributed by atoms with Gasteiger partial charge in [0.1, 0.15) is 11.6 Å². The molecule has 0 aliphatic rings. The van der Waals surface area contributed by atoms with Gasteiger partial charge in [0.05, 0.1) is 16.0 Å². The minimum absolute atomic E-state index is 0.206. The number of hydrogen-bond acceptors (Lipinski definition) is 4. The number of aromatic nitrogens is 3. The number of rotatable bonds is 5. The third-order valence-electron chi connectivity index (χ3n) is 3.79. The molecule has 1 heterocycles. The Labute approximate surface area is 163 Å². The molecule has 140 valence electrons. The van der Waals surface area contributed by atoms with Gasteiger partial charge >= 0.3 is 0 Å². The first kappa shape index (κ1) is 19.3. The molecule has 0 spiro atoms. The standard InChI is InChI=1S/C18H15ClF2N4OS/c1-10(17(26)22-15-9-11(20)7-8-14(15)21)27-18-24-23-16(25(18)2)12-5-3-4-6-13(12)19/h3-10H,1-2H3,(H,22,26)/t10-/m1/s1. The van der Waals surface area contributed by atoms with Crippen molar-refractivity contribution in [2.75, 3.05) is 5.32 Å². The summed E-state index contributed by atoms with van der Waals surface area (Å²) in [5.41, 5.74) is 0.516. The average Bonchev–Trinajstić information content (AvgIpc) is 2.99. The molecular weight excluding hydrogens is 394 g/mol. The lowest BCUT2D eigenvalue weighted by molar-refractivity contribution is -0.115. The number of nitrogens with zero attached hydrogens (tertiary/aromatic N) is 3. The predicted molar refractivity (Wildman–Crippen MR) is 102 cm³/mol. The lowest BCUT2D eigenvalue weighted by Gasteiger charge is -2.12. The SMILES string of the molecule is C[C@@H](Sc1nnc(-c2ccccc2Cl)n1C)C(=O)Nc1cc(F)ccc1F. The van der Waals surface area contributed by atoms with Crippen LogP contribution in [0.25, 0.3) is 11.4 Å². The number of anilines is 1. The predicted octanol–water partition coefficient (Wildman–Crippen LogP) is 4.53. The van der Waals surface area contributed by atoms with Crippen molar-refractivity contribution in [2.24, 2.45) is 7.05 Å². The molecule has 2 aromatic carbocycles. The molecule has 0 bridgehead atoms. The van der Waals surface area contributed by atoms with Gasteiger partial charge in [0.15, 0.2) is 11.0 Å². The molecule has 9 heteroatoms. The van der Waals surface area contributed by atoms with E-state index in [4.69, 9.17) is 11.6 Å². The van der Waals surface area contributed by atoms with Crippen molar-refractivity contribution in [3.8, 4) is 11.4 Å². The van der Waals surface area contributed by atoms with E-state index in [2.05, 4.69) is 15.5 Å². The van der Waals surface area contributed by atoms with Crippen molar-refractivity contribution < 1.29 is 13.6 Å². The van der Waals surface area contributed by atoms with Crippen molar-refractivity contribution in [1.82, 2.24) is 14.8 Å². The Bertz CT molecular complexity index is 995. The fourth-order valence-electron chi connectivity index (χ4n) is 2.33. The molecule has 1 N–H and O–H groups in total. The fourth-order valence-corrected chi connectivity index (χ4v) is 3.37. The Hall–Kier alpha value is -2.45. The molecule has 1 aromatic heterocycles. The topological polar surface area (TPSA) is 59.8 Å². The summed E-state index contributed by atoms with van der Waals surface area (Å²) in [7, 11) is 1.76. The normalized spacial score (nSPS) is 12.0. The van der Waals surface area contributed by atoms with E-state index in [-0.39, 0.29) is 5.69 Å². The number of carbonyl (C=O) groups is 1. The smallest absolute Gasteiger partial charge is 0.237 e. The van der Waals surface area contributed by atoms with Crippen LogP contribution in [0.5, 0.6) is 0 Å². The number of benzene rings is 2. The molecule has 0 saturated carbocycles. The van der Waals surface area contributed by atoms with Gasteiger partial charge in [-0.25, -0.2) is 8.78 Å². The van der Waals surface area contributed by atoms with Gasteiger partial charge in [-0.05, 0) is 31.2 Å². The molecule has 0 fully saturated rings. The van der Waals surface area contributed by atoms with Crippen LogP contribution in [0.15, 0.2) is 47.6 Å². The van der Waals surface area contributed by atoms with E-state index in [0.717, 1.165) is 35.5 Å². The van der Waals surface area contributed by atoms with Crippen molar-refractivity contribution in [2.45, 2.75) is 17.3 Å². The van der Waals surface area contributed by atoms with E-state index in [0.29, 0.717) is 16.0 Å². The van der Waals surface area contributed by atoms with Crippen molar-refractivity contribution in [3.63, 3.8) is 0 Å². The quantitative estimate of drug-likeness (QED) is 0.630. The van der Waals surface area contributed by atoms with Gasteiger partial charge in [-0.3, -0.25) is 4.79 Å².